The summed E-state index contributed by atoms with van der Waals surface area (Å²) in [5.41, 5.74) is 3.53. The Hall–Kier alpha value is -2.16. The lowest BCUT2D eigenvalue weighted by Gasteiger charge is -2.37. The van der Waals surface area contributed by atoms with Crippen molar-refractivity contribution in [2.75, 3.05) is 5.32 Å². The summed E-state index contributed by atoms with van der Waals surface area (Å²) >= 11 is 0. The minimum Gasteiger partial charge on any atom is -0.375 e. The lowest BCUT2D eigenvalue weighted by Crippen LogP contribution is -2.29. The van der Waals surface area contributed by atoms with Gasteiger partial charge in [-0.25, -0.2) is 8.78 Å². The quantitative estimate of drug-likeness (QED) is 0.722. The first kappa shape index (κ1) is 13.5. The van der Waals surface area contributed by atoms with Crippen LogP contribution in [0.25, 0.3) is 0 Å². The van der Waals surface area contributed by atoms with E-state index in [0.717, 1.165) is 23.6 Å². The molecule has 0 aromatic heterocycles. The highest BCUT2D eigenvalue weighted by Gasteiger charge is 2.39. The molecule has 1 heterocycles. The maximum absolute atomic E-state index is 14.2. The molecule has 2 aromatic carbocycles. The van der Waals surface area contributed by atoms with E-state index in [2.05, 4.69) is 48.7 Å². The van der Waals surface area contributed by atoms with Gasteiger partial charge in [0.25, 0.3) is 0 Å². The summed E-state index contributed by atoms with van der Waals surface area (Å²) in [4.78, 5) is 0. The van der Waals surface area contributed by atoms with Crippen LogP contribution < -0.4 is 5.32 Å². The average molecular weight is 297 g/mol. The minimum atomic E-state index is -0.508. The number of nitrogens with one attached hydrogen (secondary N) is 1. The molecule has 4 rings (SSSR count). The number of aryl methyl sites for hydroxylation is 1. The van der Waals surface area contributed by atoms with Crippen LogP contribution in [0.15, 0.2) is 48.6 Å². The lowest BCUT2D eigenvalue weighted by atomic mass is 9.77. The second kappa shape index (κ2) is 4.94. The standard InChI is InChI=1S/C19H17F2N/c1-11-5-7-12(8-6-11)18-15-4-2-3-14(15)16-9-13(20)10-17(21)19(16)22-18/h2-3,5-10,14-15,18,22H,4H2,1H3/t14-,15-,18+/m1/s1. The Morgan fingerprint density at radius 3 is 2.64 bits per heavy atom. The van der Waals surface area contributed by atoms with E-state index in [4.69, 9.17) is 0 Å². The van der Waals surface area contributed by atoms with E-state index in [-0.39, 0.29) is 12.0 Å². The minimum absolute atomic E-state index is 0.0491. The average Bonchev–Trinajstić information content (AvgIpc) is 2.97. The van der Waals surface area contributed by atoms with Crippen molar-refractivity contribution in [2.24, 2.45) is 5.92 Å². The SMILES string of the molecule is Cc1ccc([C@@H]2Nc3c(F)cc(F)cc3[C@@H]3C=CC[C@H]32)cc1. The number of fused-ring (bicyclic) bond motifs is 3. The van der Waals surface area contributed by atoms with E-state index in [1.54, 1.807) is 0 Å². The number of hydrogen-bond donors (Lipinski definition) is 1. The molecule has 0 fully saturated rings. The first-order chi connectivity index (χ1) is 10.6. The maximum Gasteiger partial charge on any atom is 0.149 e. The molecule has 0 spiro atoms. The molecular weight excluding hydrogens is 280 g/mol. The normalized spacial score (nSPS) is 25.5. The van der Waals surface area contributed by atoms with Crippen LogP contribution in [0.3, 0.4) is 0 Å². The molecule has 22 heavy (non-hydrogen) atoms. The molecule has 1 N–H and O–H groups in total. The Bertz CT molecular complexity index is 749. The number of anilines is 1. The summed E-state index contributed by atoms with van der Waals surface area (Å²) in [6.07, 6.45) is 5.13. The molecule has 0 saturated heterocycles. The summed E-state index contributed by atoms with van der Waals surface area (Å²) < 4.78 is 27.8. The Labute approximate surface area is 128 Å². The highest BCUT2D eigenvalue weighted by Crippen LogP contribution is 2.50. The van der Waals surface area contributed by atoms with Crippen molar-refractivity contribution in [3.8, 4) is 0 Å². The lowest BCUT2D eigenvalue weighted by molar-refractivity contribution is 0.418. The van der Waals surface area contributed by atoms with Gasteiger partial charge in [-0.15, -0.1) is 0 Å². The topological polar surface area (TPSA) is 12.0 Å². The van der Waals surface area contributed by atoms with Crippen LogP contribution in [0, 0.1) is 24.5 Å². The number of rotatable bonds is 1. The highest BCUT2D eigenvalue weighted by molar-refractivity contribution is 5.60. The predicted molar refractivity (Wildman–Crippen MR) is 83.9 cm³/mol. The molecule has 1 aliphatic carbocycles. The molecule has 1 aliphatic heterocycles. The molecule has 0 unspecified atom stereocenters. The monoisotopic (exact) mass is 297 g/mol. The van der Waals surface area contributed by atoms with E-state index in [9.17, 15) is 8.78 Å². The summed E-state index contributed by atoms with van der Waals surface area (Å²) in [5, 5.41) is 3.32. The first-order valence-electron chi connectivity index (χ1n) is 7.62. The largest absolute Gasteiger partial charge is 0.375 e. The fourth-order valence-corrected chi connectivity index (χ4v) is 3.72. The first-order valence-corrected chi connectivity index (χ1v) is 7.62. The van der Waals surface area contributed by atoms with E-state index in [0.29, 0.717) is 11.6 Å². The van der Waals surface area contributed by atoms with E-state index < -0.39 is 11.6 Å². The van der Waals surface area contributed by atoms with Gasteiger partial charge in [-0.3, -0.25) is 0 Å². The van der Waals surface area contributed by atoms with Crippen LogP contribution in [0.4, 0.5) is 14.5 Å². The van der Waals surface area contributed by atoms with E-state index >= 15 is 0 Å². The van der Waals surface area contributed by atoms with Gasteiger partial charge in [-0.1, -0.05) is 42.0 Å². The molecule has 112 valence electrons. The second-order valence-corrected chi connectivity index (χ2v) is 6.24. The molecule has 3 atom stereocenters. The highest BCUT2D eigenvalue weighted by atomic mass is 19.1. The Balaban J connectivity index is 1.82. The Kier molecular flexibility index (Phi) is 3.03. The summed E-state index contributed by atoms with van der Waals surface area (Å²) in [7, 11) is 0. The zero-order chi connectivity index (χ0) is 15.3. The number of allylic oxidation sites excluding steroid dienone is 2. The van der Waals surface area contributed by atoms with Gasteiger partial charge in [-0.2, -0.15) is 0 Å². The van der Waals surface area contributed by atoms with Gasteiger partial charge in [-0.05, 0) is 36.5 Å². The van der Waals surface area contributed by atoms with Crippen LogP contribution in [0.2, 0.25) is 0 Å². The van der Waals surface area contributed by atoms with Gasteiger partial charge >= 0.3 is 0 Å². The van der Waals surface area contributed by atoms with E-state index in [1.165, 1.54) is 11.6 Å². The molecule has 0 saturated carbocycles. The smallest absolute Gasteiger partial charge is 0.149 e. The van der Waals surface area contributed by atoms with Crippen molar-refractivity contribution in [3.63, 3.8) is 0 Å². The van der Waals surface area contributed by atoms with Gasteiger partial charge < -0.3 is 5.32 Å². The molecule has 3 heteroatoms. The maximum atomic E-state index is 14.2. The zero-order valence-corrected chi connectivity index (χ0v) is 12.3. The molecule has 0 bridgehead atoms. The third-order valence-electron chi connectivity index (χ3n) is 4.82. The van der Waals surface area contributed by atoms with Crippen LogP contribution in [0.5, 0.6) is 0 Å². The fourth-order valence-electron chi connectivity index (χ4n) is 3.72. The number of benzene rings is 2. The Morgan fingerprint density at radius 1 is 1.09 bits per heavy atom. The molecule has 2 aromatic rings. The van der Waals surface area contributed by atoms with Crippen molar-refractivity contribution < 1.29 is 8.78 Å². The number of hydrogen-bond acceptors (Lipinski definition) is 1. The molecule has 0 radical (unpaired) electrons. The van der Waals surface area contributed by atoms with Crippen LogP contribution in [-0.2, 0) is 0 Å². The zero-order valence-electron chi connectivity index (χ0n) is 12.3. The third kappa shape index (κ3) is 2.04. The fraction of sp³-hybridized carbons (Fsp3) is 0.263. The van der Waals surface area contributed by atoms with Crippen molar-refractivity contribution in [1.29, 1.82) is 0 Å². The van der Waals surface area contributed by atoms with Crippen LogP contribution >= 0.6 is 0 Å². The van der Waals surface area contributed by atoms with Crippen molar-refractivity contribution in [1.82, 2.24) is 0 Å². The summed E-state index contributed by atoms with van der Waals surface area (Å²) in [6.45, 7) is 2.05. The van der Waals surface area contributed by atoms with Gasteiger partial charge in [0.2, 0.25) is 0 Å². The predicted octanol–water partition coefficient (Wildman–Crippen LogP) is 5.10. The molecule has 0 amide bonds. The molecular formula is C19H17F2N. The van der Waals surface area contributed by atoms with Crippen molar-refractivity contribution in [2.45, 2.75) is 25.3 Å². The molecule has 1 nitrogen and oxygen atoms in total. The summed E-state index contributed by atoms with van der Waals surface area (Å²) in [5.74, 6) is -0.638. The van der Waals surface area contributed by atoms with Crippen molar-refractivity contribution in [3.05, 3.63) is 76.9 Å². The van der Waals surface area contributed by atoms with Crippen molar-refractivity contribution >= 4 is 5.69 Å². The summed E-state index contributed by atoms with van der Waals surface area (Å²) in [6, 6.07) is 10.8. The second-order valence-electron chi connectivity index (χ2n) is 6.24. The molecule has 2 aliphatic rings. The van der Waals surface area contributed by atoms with Gasteiger partial charge in [0.1, 0.15) is 11.6 Å². The van der Waals surface area contributed by atoms with Gasteiger partial charge in [0.15, 0.2) is 0 Å². The van der Waals surface area contributed by atoms with Gasteiger partial charge in [0, 0.05) is 12.0 Å². The number of halogens is 2. The Morgan fingerprint density at radius 2 is 1.86 bits per heavy atom. The van der Waals surface area contributed by atoms with Gasteiger partial charge in [0.05, 0.1) is 11.7 Å². The van der Waals surface area contributed by atoms with Crippen LogP contribution in [-0.4, -0.2) is 0 Å². The van der Waals surface area contributed by atoms with Crippen LogP contribution in [0.1, 0.15) is 35.1 Å². The van der Waals surface area contributed by atoms with E-state index in [1.807, 2.05) is 0 Å². The third-order valence-corrected chi connectivity index (χ3v) is 4.82.